The number of methoxy groups -OCH3 is 1. The van der Waals surface area contributed by atoms with Gasteiger partial charge in [0.15, 0.2) is 0 Å². The molecule has 2 N–H and O–H groups in total. The van der Waals surface area contributed by atoms with Crippen molar-refractivity contribution in [1.29, 1.82) is 0 Å². The lowest BCUT2D eigenvalue weighted by Gasteiger charge is -2.31. The third-order valence-corrected chi connectivity index (χ3v) is 4.43. The number of ether oxygens (including phenoxy) is 1. The molecule has 3 heteroatoms. The van der Waals surface area contributed by atoms with E-state index in [1.807, 2.05) is 0 Å². The molecule has 0 bridgehead atoms. The van der Waals surface area contributed by atoms with Crippen LogP contribution in [0, 0.1) is 13.0 Å². The molecule has 3 atom stereocenters. The molecule has 0 unspecified atom stereocenters. The molecule has 1 aliphatic heterocycles. The Morgan fingerprint density at radius 1 is 1.40 bits per heavy atom. The lowest BCUT2D eigenvalue weighted by Crippen LogP contribution is -2.80. The highest BCUT2D eigenvalue weighted by Crippen LogP contribution is 2.24. The van der Waals surface area contributed by atoms with Gasteiger partial charge in [-0.2, -0.15) is 7.05 Å². The zero-order valence-electron chi connectivity index (χ0n) is 12.8. The Morgan fingerprint density at radius 3 is 2.80 bits per heavy atom. The summed E-state index contributed by atoms with van der Waals surface area (Å²) in [4.78, 5) is 2.59. The predicted octanol–water partition coefficient (Wildman–Crippen LogP) is 1.83. The Hall–Kier alpha value is -0.900. The fourth-order valence-corrected chi connectivity index (χ4v) is 3.37. The van der Waals surface area contributed by atoms with Crippen LogP contribution in [0.15, 0.2) is 30.3 Å². The van der Waals surface area contributed by atoms with Crippen molar-refractivity contribution in [3.8, 4) is 0 Å². The van der Waals surface area contributed by atoms with Crippen LogP contribution in [0.25, 0.3) is 0 Å². The van der Waals surface area contributed by atoms with E-state index >= 15 is 0 Å². The van der Waals surface area contributed by atoms with Crippen molar-refractivity contribution >= 4 is 0 Å². The molecule has 0 spiro atoms. The van der Waals surface area contributed by atoms with Crippen molar-refractivity contribution in [2.45, 2.75) is 31.8 Å². The van der Waals surface area contributed by atoms with Crippen LogP contribution in [0.2, 0.25) is 0 Å². The number of benzene rings is 1. The highest BCUT2D eigenvalue weighted by atomic mass is 16.5. The van der Waals surface area contributed by atoms with Gasteiger partial charge in [0.05, 0.1) is 12.6 Å². The Bertz CT molecular complexity index is 382. The van der Waals surface area contributed by atoms with Crippen molar-refractivity contribution in [2.75, 3.05) is 26.8 Å². The first-order valence-electron chi connectivity index (χ1n) is 7.66. The maximum absolute atomic E-state index is 5.35. The predicted molar refractivity (Wildman–Crippen MR) is 82.1 cm³/mol. The molecule has 0 aliphatic carbocycles. The molecule has 1 heterocycles. The third kappa shape index (κ3) is 3.81. The standard InChI is InChI=1S/C17H28N2O/c1-14(12-19-11-7-10-16(19)13-20-3)17(18-2)15-8-5-4-6-9-15/h4-6,8-9,14,16-17H,2,7,10-13,18H2,1,3H3/t14-,16+,17-/m1/s1. The van der Waals surface area contributed by atoms with Crippen molar-refractivity contribution in [1.82, 2.24) is 4.90 Å². The Balaban J connectivity index is 1.97. The second-order valence-corrected chi connectivity index (χ2v) is 5.90. The van der Waals surface area contributed by atoms with Crippen LogP contribution >= 0.6 is 0 Å². The number of nitrogens with two attached hydrogens (primary N) is 1. The molecule has 2 rings (SSSR count). The van der Waals surface area contributed by atoms with Crippen molar-refractivity contribution < 1.29 is 10.1 Å². The molecule has 1 saturated heterocycles. The van der Waals surface area contributed by atoms with Crippen LogP contribution in [0.5, 0.6) is 0 Å². The summed E-state index contributed by atoms with van der Waals surface area (Å²) < 4.78 is 5.35. The molecule has 1 aromatic carbocycles. The van der Waals surface area contributed by atoms with Crippen molar-refractivity contribution in [2.24, 2.45) is 5.92 Å². The summed E-state index contributed by atoms with van der Waals surface area (Å²) in [5, 5.41) is 2.10. The zero-order chi connectivity index (χ0) is 14.4. The summed E-state index contributed by atoms with van der Waals surface area (Å²) in [6, 6.07) is 11.7. The molecule has 0 radical (unpaired) electrons. The highest BCUT2D eigenvalue weighted by Gasteiger charge is 2.28. The van der Waals surface area contributed by atoms with Gasteiger partial charge in [0.1, 0.15) is 0 Å². The number of quaternary nitrogens is 1. The van der Waals surface area contributed by atoms with Gasteiger partial charge >= 0.3 is 0 Å². The fourth-order valence-electron chi connectivity index (χ4n) is 3.37. The Labute approximate surface area is 123 Å². The van der Waals surface area contributed by atoms with E-state index in [1.54, 1.807) is 7.11 Å². The highest BCUT2D eigenvalue weighted by molar-refractivity contribution is 5.17. The van der Waals surface area contributed by atoms with E-state index in [0.29, 0.717) is 18.0 Å². The van der Waals surface area contributed by atoms with Gasteiger partial charge in [-0.15, -0.1) is 0 Å². The molecule has 3 nitrogen and oxygen atoms in total. The van der Waals surface area contributed by atoms with E-state index < -0.39 is 0 Å². The number of nitrogens with zero attached hydrogens (tertiary/aromatic N) is 1. The average molecular weight is 276 g/mol. The summed E-state index contributed by atoms with van der Waals surface area (Å²) in [6.45, 7) is 5.52. The first kappa shape index (κ1) is 15.5. The van der Waals surface area contributed by atoms with Gasteiger partial charge in [0, 0.05) is 31.2 Å². The molecule has 0 aromatic heterocycles. The Kier molecular flexibility index (Phi) is 6.02. The normalized spacial score (nSPS) is 22.9. The molecule has 20 heavy (non-hydrogen) atoms. The monoisotopic (exact) mass is 276 g/mol. The number of likely N-dealkylation sites (tertiary alicyclic amines) is 1. The minimum absolute atomic E-state index is 0.431. The minimum Gasteiger partial charge on any atom is -0.472 e. The molecule has 0 saturated carbocycles. The molecular formula is C17H28N2O. The van der Waals surface area contributed by atoms with E-state index in [2.05, 4.69) is 54.5 Å². The second-order valence-electron chi connectivity index (χ2n) is 5.90. The van der Waals surface area contributed by atoms with Gasteiger partial charge < -0.3 is 10.1 Å². The van der Waals surface area contributed by atoms with Gasteiger partial charge in [-0.1, -0.05) is 37.3 Å². The van der Waals surface area contributed by atoms with Gasteiger partial charge in [-0.3, -0.25) is 4.90 Å². The molecule has 1 aliphatic rings. The van der Waals surface area contributed by atoms with E-state index in [0.717, 1.165) is 13.2 Å². The fraction of sp³-hybridized carbons (Fsp3) is 0.588. The molecule has 112 valence electrons. The number of rotatable bonds is 7. The smallest absolute Gasteiger partial charge is 0.0914 e. The molecule has 1 fully saturated rings. The van der Waals surface area contributed by atoms with Crippen LogP contribution in [-0.2, 0) is 4.74 Å². The lowest BCUT2D eigenvalue weighted by atomic mass is 9.94. The average Bonchev–Trinajstić information content (AvgIpc) is 2.88. The van der Waals surface area contributed by atoms with Crippen molar-refractivity contribution in [3.63, 3.8) is 0 Å². The van der Waals surface area contributed by atoms with E-state index in [1.165, 1.54) is 24.9 Å². The van der Waals surface area contributed by atoms with Crippen LogP contribution < -0.4 is 5.32 Å². The summed E-state index contributed by atoms with van der Waals surface area (Å²) >= 11 is 0. The summed E-state index contributed by atoms with van der Waals surface area (Å²) in [7, 11) is 5.85. The van der Waals surface area contributed by atoms with E-state index in [-0.39, 0.29) is 0 Å². The number of hydrogen-bond donors (Lipinski definition) is 1. The zero-order valence-corrected chi connectivity index (χ0v) is 12.8. The number of hydrogen-bond acceptors (Lipinski definition) is 2. The second kappa shape index (κ2) is 7.77. The van der Waals surface area contributed by atoms with Gasteiger partial charge in [0.2, 0.25) is 0 Å². The summed E-state index contributed by atoms with van der Waals surface area (Å²) in [5.41, 5.74) is 1.37. The molecular weight excluding hydrogens is 248 g/mol. The third-order valence-electron chi connectivity index (χ3n) is 4.43. The van der Waals surface area contributed by atoms with Crippen LogP contribution in [0.3, 0.4) is 0 Å². The summed E-state index contributed by atoms with van der Waals surface area (Å²) in [6.07, 6.45) is 2.56. The quantitative estimate of drug-likeness (QED) is 0.770. The Morgan fingerprint density at radius 2 is 2.15 bits per heavy atom. The van der Waals surface area contributed by atoms with Crippen LogP contribution in [0.4, 0.5) is 0 Å². The summed E-state index contributed by atoms with van der Waals surface area (Å²) in [5.74, 6) is 0.576. The van der Waals surface area contributed by atoms with Gasteiger partial charge in [-0.25, -0.2) is 0 Å². The van der Waals surface area contributed by atoms with E-state index in [4.69, 9.17) is 4.74 Å². The minimum atomic E-state index is 0.431. The van der Waals surface area contributed by atoms with Crippen LogP contribution in [0.1, 0.15) is 31.4 Å². The van der Waals surface area contributed by atoms with Crippen LogP contribution in [-0.4, -0.2) is 37.7 Å². The first-order chi connectivity index (χ1) is 9.76. The first-order valence-corrected chi connectivity index (χ1v) is 7.66. The topological polar surface area (TPSA) is 29.1 Å². The maximum Gasteiger partial charge on any atom is 0.0914 e. The molecule has 1 aromatic rings. The SMILES string of the molecule is [CH2-][NH2+][C@@H](c1ccccc1)[C@H](C)CN1CCC[C@H]1COC. The lowest BCUT2D eigenvalue weighted by molar-refractivity contribution is -0.648. The van der Waals surface area contributed by atoms with E-state index in [9.17, 15) is 0 Å². The van der Waals surface area contributed by atoms with Gasteiger partial charge in [-0.05, 0) is 19.4 Å². The largest absolute Gasteiger partial charge is 0.472 e. The molecule has 0 amide bonds. The van der Waals surface area contributed by atoms with Crippen molar-refractivity contribution in [3.05, 3.63) is 42.9 Å². The maximum atomic E-state index is 5.35. The van der Waals surface area contributed by atoms with Gasteiger partial charge in [0.25, 0.3) is 0 Å².